The molecule has 1 radical (unpaired) electrons. The Balaban J connectivity index is 0.00000363. The van der Waals surface area contributed by atoms with E-state index in [1.165, 1.54) is 0 Å². The predicted octanol–water partition coefficient (Wildman–Crippen LogP) is -2.90. The molecule has 0 aromatic carbocycles. The van der Waals surface area contributed by atoms with E-state index < -0.39 is 54.6 Å². The maximum atomic E-state index is 12.4. The molecule has 2 aromatic heterocycles. The molecule has 6 N–H and O–H groups in total. The van der Waals surface area contributed by atoms with Crippen LogP contribution in [0, 0.1) is 0 Å². The number of nitrogens with zero attached hydrogens (tertiary/aromatic N) is 4. The molecule has 18 nitrogen and oxygen atoms in total. The maximum absolute atomic E-state index is 12.4. The number of hydrogen-bond acceptors (Lipinski definition) is 13. The Kier molecular flexibility index (Phi) is 8.39. The Bertz CT molecular complexity index is 1110. The van der Waals surface area contributed by atoms with Gasteiger partial charge < -0.3 is 40.3 Å². The zero-order chi connectivity index (χ0) is 23.2. The molecular weight excluding hydrogens is 546 g/mol. The summed E-state index contributed by atoms with van der Waals surface area (Å²) < 4.78 is 51.5. The van der Waals surface area contributed by atoms with Gasteiger partial charge in [-0.15, -0.1) is 6.10 Å². The summed E-state index contributed by atoms with van der Waals surface area (Å²) in [5.74, 6) is 0.00655. The van der Waals surface area contributed by atoms with Crippen molar-refractivity contribution >= 4 is 40.4 Å². The number of nitrogens with two attached hydrogens (primary N) is 1. The van der Waals surface area contributed by atoms with E-state index in [0.717, 1.165) is 17.2 Å². The molecule has 2 aromatic rings. The molecule has 2 unspecified atom stereocenters. The zero-order valence-corrected chi connectivity index (χ0v) is 19.1. The number of aromatic nitrogens is 4. The summed E-state index contributed by atoms with van der Waals surface area (Å²) in [6.07, 6.45) is -4.86. The minimum Gasteiger partial charge on any atom is -0.851 e. The minimum absolute atomic E-state index is 0. The molecule has 179 valence electrons. The van der Waals surface area contributed by atoms with E-state index in [9.17, 15) is 28.8 Å². The van der Waals surface area contributed by atoms with Gasteiger partial charge in [0.05, 0.1) is 19.0 Å². The molecule has 22 heteroatoms. The van der Waals surface area contributed by atoms with Crippen LogP contribution in [0.15, 0.2) is 12.7 Å². The number of nitrogen functional groups attached to an aromatic ring is 1. The van der Waals surface area contributed by atoms with Crippen LogP contribution in [0.2, 0.25) is 0 Å². The molecule has 3 heterocycles. The monoisotopic (exact) mass is 560 g/mol. The molecule has 0 saturated carbocycles. The third kappa shape index (κ3) is 6.39. The molecular formula is C10H14MnN5O13P3. The minimum atomic E-state index is -5.73. The second-order valence-electron chi connectivity index (χ2n) is 5.96. The van der Waals surface area contributed by atoms with Crippen LogP contribution in [0.3, 0.4) is 0 Å². The smallest absolute Gasteiger partial charge is 0.851 e. The number of imidazole rings is 1. The van der Waals surface area contributed by atoms with Crippen LogP contribution in [-0.4, -0.2) is 64.0 Å². The average molecular weight is 560 g/mol. The number of ether oxygens (including phenoxy) is 1. The molecule has 1 aliphatic heterocycles. The van der Waals surface area contributed by atoms with Crippen LogP contribution in [0.5, 0.6) is 0 Å². The van der Waals surface area contributed by atoms with E-state index in [0.29, 0.717) is 0 Å². The molecule has 0 aliphatic carbocycles. The number of fused-ring (bicyclic) bond motifs is 1. The molecule has 0 amide bonds. The molecule has 1 saturated heterocycles. The normalized spacial score (nSPS) is 27.6. The Hall–Kier alpha value is -0.841. The molecule has 1 fully saturated rings. The summed E-state index contributed by atoms with van der Waals surface area (Å²) >= 11 is 0. The summed E-state index contributed by atoms with van der Waals surface area (Å²) in [5, 5.41) is 24.6. The standard InChI is InChI=1S/C10H14N5O13P3.Mn/c11-8-5-9(13-2-12-8)15(3-14-5)10-7(17)6(16)4(26-10)1-25-30(21,22)28-31(23,24)27-29(18,19)20;/h2-4,6-7,10H,1H2,(H,21,22)(H,23,24)(H2,11,12,13)(H2,18,19,20);/q-2;+2/t4-,6-,7-,10-;/m1./s1. The van der Waals surface area contributed by atoms with Crippen LogP contribution < -0.4 is 15.9 Å². The van der Waals surface area contributed by atoms with Crippen molar-refractivity contribution in [2.75, 3.05) is 12.3 Å². The number of rotatable bonds is 8. The maximum Gasteiger partial charge on any atom is 2.00 e. The van der Waals surface area contributed by atoms with Crippen LogP contribution >= 0.6 is 23.5 Å². The van der Waals surface area contributed by atoms with Crippen molar-refractivity contribution in [3.05, 3.63) is 12.7 Å². The quantitative estimate of drug-likeness (QED) is 0.160. The van der Waals surface area contributed by atoms with Crippen LogP contribution in [0.4, 0.5) is 5.82 Å². The van der Waals surface area contributed by atoms with E-state index in [1.807, 2.05) is 0 Å². The Morgan fingerprint density at radius 1 is 1.06 bits per heavy atom. The van der Waals surface area contributed by atoms with Crippen molar-refractivity contribution in [2.24, 2.45) is 0 Å². The van der Waals surface area contributed by atoms with E-state index in [-0.39, 0.29) is 34.1 Å². The third-order valence-electron chi connectivity index (χ3n) is 3.76. The van der Waals surface area contributed by atoms with Gasteiger partial charge in [0.15, 0.2) is 11.5 Å². The molecule has 0 bridgehead atoms. The largest absolute Gasteiger partial charge is 2.00 e. The fourth-order valence-corrected chi connectivity index (χ4v) is 5.62. The summed E-state index contributed by atoms with van der Waals surface area (Å²) in [6, 6.07) is 0. The predicted molar refractivity (Wildman–Crippen MR) is 91.0 cm³/mol. The Morgan fingerprint density at radius 3 is 2.34 bits per heavy atom. The zero-order valence-electron chi connectivity index (χ0n) is 15.2. The second kappa shape index (κ2) is 9.80. The first-order chi connectivity index (χ1) is 14.2. The van der Waals surface area contributed by atoms with Gasteiger partial charge >= 0.3 is 40.5 Å². The van der Waals surface area contributed by atoms with Gasteiger partial charge in [-0.05, 0) is 0 Å². The van der Waals surface area contributed by atoms with Crippen molar-refractivity contribution in [3.63, 3.8) is 0 Å². The fourth-order valence-electron chi connectivity index (χ4n) is 2.59. The van der Waals surface area contributed by atoms with Crippen molar-refractivity contribution < 1.29 is 78.4 Å². The first-order valence-electron chi connectivity index (χ1n) is 7.87. The van der Waals surface area contributed by atoms with Crippen LogP contribution in [0.1, 0.15) is 6.23 Å². The van der Waals surface area contributed by atoms with Gasteiger partial charge in [-0.3, -0.25) is 9.09 Å². The number of hydrogen-bond donors (Lipinski definition) is 5. The molecule has 1 aliphatic rings. The van der Waals surface area contributed by atoms with Gasteiger partial charge in [-0.25, -0.2) is 28.6 Å². The van der Waals surface area contributed by atoms with Gasteiger partial charge in [0.25, 0.3) is 0 Å². The van der Waals surface area contributed by atoms with Crippen molar-refractivity contribution in [1.82, 2.24) is 19.5 Å². The second-order valence-corrected chi connectivity index (χ2v) is 10.4. The fraction of sp³-hybridized carbons (Fsp3) is 0.500. The SMILES string of the molecule is Nc1ncnc2c1ncn2[C@@H]1O[C@H](COP(=O)(O)OP(=O)(O)OP(=O)(O)O)[C@@H]([O-])[C@H]1[O-].[Mn+2]. The molecule has 0 spiro atoms. The van der Waals surface area contributed by atoms with E-state index in [1.54, 1.807) is 0 Å². The Labute approximate surface area is 188 Å². The van der Waals surface area contributed by atoms with Crippen molar-refractivity contribution in [1.29, 1.82) is 0 Å². The number of phosphoric acid groups is 3. The van der Waals surface area contributed by atoms with Gasteiger partial charge in [0.1, 0.15) is 18.1 Å². The summed E-state index contributed by atoms with van der Waals surface area (Å²) in [6.45, 7) is -1.06. The van der Waals surface area contributed by atoms with Gasteiger partial charge in [-0.1, -0.05) is 6.10 Å². The average Bonchev–Trinajstić information content (AvgIpc) is 3.13. The topological polar surface area (TPSA) is 285 Å². The van der Waals surface area contributed by atoms with E-state index >= 15 is 0 Å². The van der Waals surface area contributed by atoms with Gasteiger partial charge in [0.2, 0.25) is 0 Å². The summed E-state index contributed by atoms with van der Waals surface area (Å²) in [4.78, 5) is 47.0. The molecule has 32 heavy (non-hydrogen) atoms. The van der Waals surface area contributed by atoms with Crippen LogP contribution in [0.25, 0.3) is 11.2 Å². The van der Waals surface area contributed by atoms with E-state index in [2.05, 4.69) is 28.1 Å². The third-order valence-corrected chi connectivity index (χ3v) is 7.57. The molecule has 6 atom stereocenters. The van der Waals surface area contributed by atoms with Crippen molar-refractivity contribution in [3.8, 4) is 0 Å². The Morgan fingerprint density at radius 2 is 1.72 bits per heavy atom. The van der Waals surface area contributed by atoms with E-state index in [4.69, 9.17) is 25.2 Å². The van der Waals surface area contributed by atoms with Gasteiger partial charge in [0, 0.05) is 0 Å². The summed E-state index contributed by atoms with van der Waals surface area (Å²) in [7, 11) is -16.8. The first-order valence-corrected chi connectivity index (χ1v) is 12.4. The van der Waals surface area contributed by atoms with Crippen molar-refractivity contribution in [2.45, 2.75) is 24.5 Å². The number of phosphoric ester groups is 1. The number of anilines is 1. The molecule has 3 rings (SSSR count). The first kappa shape index (κ1) is 27.4. The summed E-state index contributed by atoms with van der Waals surface area (Å²) in [5.41, 5.74) is 5.86. The van der Waals surface area contributed by atoms with Crippen LogP contribution in [-0.2, 0) is 48.6 Å². The van der Waals surface area contributed by atoms with Gasteiger partial charge in [-0.2, -0.15) is 8.62 Å².